The van der Waals surface area contributed by atoms with Gasteiger partial charge in [0, 0.05) is 40.8 Å². The van der Waals surface area contributed by atoms with Crippen molar-refractivity contribution in [3.8, 4) is 11.3 Å². The topological polar surface area (TPSA) is 22.2 Å². The molecule has 29 heavy (non-hydrogen) atoms. The van der Waals surface area contributed by atoms with Crippen molar-refractivity contribution in [2.75, 3.05) is 0 Å². The van der Waals surface area contributed by atoms with Crippen molar-refractivity contribution in [2.45, 2.75) is 6.54 Å². The van der Waals surface area contributed by atoms with Gasteiger partial charge in [-0.1, -0.05) is 78.9 Å². The van der Waals surface area contributed by atoms with Gasteiger partial charge in [0.2, 0.25) is 0 Å². The molecule has 0 bridgehead atoms. The number of benzene rings is 3. The lowest BCUT2D eigenvalue weighted by Gasteiger charge is -2.08. The highest BCUT2D eigenvalue weighted by atomic mass is 15.1. The molecule has 0 saturated carbocycles. The lowest BCUT2D eigenvalue weighted by molar-refractivity contribution is 0.868. The summed E-state index contributed by atoms with van der Waals surface area (Å²) in [4.78, 5) is 5.05. The van der Waals surface area contributed by atoms with E-state index in [0.717, 1.165) is 23.4 Å². The third kappa shape index (κ3) is 2.55. The Morgan fingerprint density at radius 3 is 2.24 bits per heavy atom. The molecule has 0 spiro atoms. The van der Waals surface area contributed by atoms with Gasteiger partial charge in [-0.15, -0.1) is 0 Å². The molecule has 6 aromatic rings. The monoisotopic (exact) mass is 373 g/mol. The Bertz CT molecular complexity index is 1460. The van der Waals surface area contributed by atoms with Gasteiger partial charge < -0.3 is 8.97 Å². The fourth-order valence-corrected chi connectivity index (χ4v) is 4.26. The number of rotatable bonds is 3. The second-order valence-electron chi connectivity index (χ2n) is 7.39. The van der Waals surface area contributed by atoms with Crippen LogP contribution in [-0.4, -0.2) is 14.0 Å². The highest BCUT2D eigenvalue weighted by Gasteiger charge is 2.16. The number of nitrogens with zero attached hydrogens (tertiary/aromatic N) is 3. The van der Waals surface area contributed by atoms with Crippen molar-refractivity contribution in [2.24, 2.45) is 0 Å². The van der Waals surface area contributed by atoms with E-state index < -0.39 is 0 Å². The SMILES string of the molecule is c1ccc(Cn2c3ccccc3c3ccn4cc(-c5ccccc5)nc4c32)cc1. The fraction of sp³-hybridized carbons (Fsp3) is 0.0385. The molecule has 0 atom stereocenters. The summed E-state index contributed by atoms with van der Waals surface area (Å²) >= 11 is 0. The highest BCUT2D eigenvalue weighted by Crippen LogP contribution is 2.33. The summed E-state index contributed by atoms with van der Waals surface area (Å²) in [5.74, 6) is 0. The summed E-state index contributed by atoms with van der Waals surface area (Å²) in [6.45, 7) is 0.818. The summed E-state index contributed by atoms with van der Waals surface area (Å²) in [7, 11) is 0. The first kappa shape index (κ1) is 16.1. The van der Waals surface area contributed by atoms with E-state index in [9.17, 15) is 0 Å². The lowest BCUT2D eigenvalue weighted by Crippen LogP contribution is -2.00. The molecular weight excluding hydrogens is 354 g/mol. The van der Waals surface area contributed by atoms with Crippen molar-refractivity contribution in [1.29, 1.82) is 0 Å². The quantitative estimate of drug-likeness (QED) is 0.364. The molecule has 0 aliphatic rings. The van der Waals surface area contributed by atoms with Crippen LogP contribution in [0.15, 0.2) is 103 Å². The molecule has 3 aromatic carbocycles. The second kappa shape index (κ2) is 6.35. The molecule has 0 saturated heterocycles. The summed E-state index contributed by atoms with van der Waals surface area (Å²) in [5, 5.41) is 2.51. The Morgan fingerprint density at radius 1 is 0.690 bits per heavy atom. The number of pyridine rings is 1. The Hall–Kier alpha value is -3.85. The molecule has 6 rings (SSSR count). The van der Waals surface area contributed by atoms with Gasteiger partial charge in [-0.25, -0.2) is 4.98 Å². The maximum Gasteiger partial charge on any atom is 0.162 e. The minimum atomic E-state index is 0.818. The number of para-hydroxylation sites is 1. The van der Waals surface area contributed by atoms with E-state index in [2.05, 4.69) is 106 Å². The number of hydrogen-bond acceptors (Lipinski definition) is 1. The molecule has 0 aliphatic heterocycles. The van der Waals surface area contributed by atoms with Gasteiger partial charge >= 0.3 is 0 Å². The number of fused-ring (bicyclic) bond motifs is 5. The van der Waals surface area contributed by atoms with Crippen molar-refractivity contribution in [3.05, 3.63) is 109 Å². The maximum atomic E-state index is 5.05. The average Bonchev–Trinajstić information content (AvgIpc) is 3.35. The van der Waals surface area contributed by atoms with Gasteiger partial charge in [0.05, 0.1) is 11.2 Å². The standard InChI is InChI=1S/C26H19N3/c1-3-9-19(10-4-1)17-29-24-14-8-7-13-21(24)22-15-16-28-18-23(27-26(28)25(22)29)20-11-5-2-6-12-20/h1-16,18H,17H2. The Labute approximate surface area is 168 Å². The van der Waals surface area contributed by atoms with Crippen LogP contribution in [0.3, 0.4) is 0 Å². The van der Waals surface area contributed by atoms with Crippen LogP contribution in [0.4, 0.5) is 0 Å². The molecule has 3 aromatic heterocycles. The summed E-state index contributed by atoms with van der Waals surface area (Å²) in [6.07, 6.45) is 4.24. The Balaban J connectivity index is 1.68. The Kier molecular flexibility index (Phi) is 3.53. The van der Waals surface area contributed by atoms with E-state index in [1.54, 1.807) is 0 Å². The van der Waals surface area contributed by atoms with Crippen molar-refractivity contribution >= 4 is 27.5 Å². The zero-order chi connectivity index (χ0) is 19.2. The molecule has 3 heterocycles. The molecule has 138 valence electrons. The first-order valence-electron chi connectivity index (χ1n) is 9.86. The largest absolute Gasteiger partial charge is 0.333 e. The molecule has 0 unspecified atom stereocenters. The van der Waals surface area contributed by atoms with Crippen molar-refractivity contribution in [1.82, 2.24) is 14.0 Å². The highest BCUT2D eigenvalue weighted by molar-refractivity contribution is 6.12. The van der Waals surface area contributed by atoms with E-state index in [0.29, 0.717) is 0 Å². The first-order chi connectivity index (χ1) is 14.4. The van der Waals surface area contributed by atoms with Gasteiger partial charge in [-0.3, -0.25) is 0 Å². The molecule has 0 fully saturated rings. The zero-order valence-corrected chi connectivity index (χ0v) is 15.9. The predicted molar refractivity (Wildman–Crippen MR) is 119 cm³/mol. The van der Waals surface area contributed by atoms with Gasteiger partial charge in [0.15, 0.2) is 5.65 Å². The second-order valence-corrected chi connectivity index (χ2v) is 7.39. The minimum Gasteiger partial charge on any atom is -0.333 e. The Morgan fingerprint density at radius 2 is 1.41 bits per heavy atom. The number of aromatic nitrogens is 3. The van der Waals surface area contributed by atoms with E-state index in [-0.39, 0.29) is 0 Å². The lowest BCUT2D eigenvalue weighted by atomic mass is 10.2. The van der Waals surface area contributed by atoms with Gasteiger partial charge in [-0.2, -0.15) is 0 Å². The van der Waals surface area contributed by atoms with Gasteiger partial charge in [0.25, 0.3) is 0 Å². The smallest absolute Gasteiger partial charge is 0.162 e. The average molecular weight is 373 g/mol. The third-order valence-corrected chi connectivity index (χ3v) is 5.61. The van der Waals surface area contributed by atoms with Crippen molar-refractivity contribution < 1.29 is 0 Å². The molecule has 0 aliphatic carbocycles. The van der Waals surface area contributed by atoms with Crippen LogP contribution in [0.2, 0.25) is 0 Å². The maximum absolute atomic E-state index is 5.05. The molecular formula is C26H19N3. The summed E-state index contributed by atoms with van der Waals surface area (Å²) < 4.78 is 4.54. The van der Waals surface area contributed by atoms with E-state index in [1.165, 1.54) is 27.4 Å². The van der Waals surface area contributed by atoms with Crippen LogP contribution in [-0.2, 0) is 6.54 Å². The minimum absolute atomic E-state index is 0.818. The fourth-order valence-electron chi connectivity index (χ4n) is 4.26. The first-order valence-corrected chi connectivity index (χ1v) is 9.86. The summed E-state index contributed by atoms with van der Waals surface area (Å²) in [5.41, 5.74) is 6.83. The van der Waals surface area contributed by atoms with Crippen LogP contribution in [0, 0.1) is 0 Å². The third-order valence-electron chi connectivity index (χ3n) is 5.61. The molecule has 3 heteroatoms. The van der Waals surface area contributed by atoms with Crippen molar-refractivity contribution in [3.63, 3.8) is 0 Å². The zero-order valence-electron chi connectivity index (χ0n) is 15.9. The van der Waals surface area contributed by atoms with Crippen LogP contribution in [0.25, 0.3) is 38.7 Å². The summed E-state index contributed by atoms with van der Waals surface area (Å²) in [6, 6.07) is 31.8. The van der Waals surface area contributed by atoms with E-state index in [4.69, 9.17) is 4.98 Å². The van der Waals surface area contributed by atoms with Crippen LogP contribution in [0.1, 0.15) is 5.56 Å². The van der Waals surface area contributed by atoms with E-state index in [1.807, 2.05) is 6.07 Å². The van der Waals surface area contributed by atoms with Crippen LogP contribution in [0.5, 0.6) is 0 Å². The van der Waals surface area contributed by atoms with Gasteiger partial charge in [-0.05, 0) is 17.7 Å². The molecule has 0 radical (unpaired) electrons. The van der Waals surface area contributed by atoms with E-state index >= 15 is 0 Å². The normalized spacial score (nSPS) is 11.6. The molecule has 3 nitrogen and oxygen atoms in total. The number of imidazole rings is 1. The van der Waals surface area contributed by atoms with Gasteiger partial charge in [0.1, 0.15) is 0 Å². The molecule has 0 amide bonds. The number of hydrogen-bond donors (Lipinski definition) is 0. The van der Waals surface area contributed by atoms with Crippen LogP contribution >= 0.6 is 0 Å². The molecule has 0 N–H and O–H groups in total. The predicted octanol–water partition coefficient (Wildman–Crippen LogP) is 6.16. The van der Waals surface area contributed by atoms with Crippen LogP contribution < -0.4 is 0 Å².